The number of alkyl halides is 1. The van der Waals surface area contributed by atoms with Crippen LogP contribution in [0, 0.1) is 0 Å². The Balaban J connectivity index is 0. The molecule has 6 heteroatoms. The minimum atomic E-state index is -4.43. The van der Waals surface area contributed by atoms with E-state index >= 15 is 0 Å². The number of hydrogen-bond acceptors (Lipinski definition) is 2. The van der Waals surface area contributed by atoms with Gasteiger partial charge in [-0.25, -0.2) is 4.39 Å². The molecule has 0 aliphatic carbocycles. The van der Waals surface area contributed by atoms with Gasteiger partial charge in [0.2, 0.25) is 5.50 Å². The topological polar surface area (TPSA) is 54.4 Å². The van der Waals surface area contributed by atoms with Crippen LogP contribution in [0.25, 0.3) is 0 Å². The summed E-state index contributed by atoms with van der Waals surface area (Å²) in [6.07, 6.45) is 0.264. The SMILES string of the molecule is CCCC(F)S(=O)(=O)O.[NaH]. The minimum absolute atomic E-state index is 0. The fourth-order valence-corrected chi connectivity index (χ4v) is 0.909. The molecule has 0 aliphatic rings. The van der Waals surface area contributed by atoms with E-state index in [2.05, 4.69) is 0 Å². The summed E-state index contributed by atoms with van der Waals surface area (Å²) in [5, 5.41) is 0. The molecule has 1 unspecified atom stereocenters. The van der Waals surface area contributed by atoms with Crippen LogP contribution in [0.15, 0.2) is 0 Å². The number of hydrogen-bond donors (Lipinski definition) is 1. The molecule has 0 rings (SSSR count). The third kappa shape index (κ3) is 5.61. The molecule has 0 fully saturated rings. The van der Waals surface area contributed by atoms with Gasteiger partial charge in [0.15, 0.2) is 0 Å². The summed E-state index contributed by atoms with van der Waals surface area (Å²) in [6, 6.07) is 0. The van der Waals surface area contributed by atoms with Gasteiger partial charge in [0, 0.05) is 0 Å². The van der Waals surface area contributed by atoms with Gasteiger partial charge in [0.1, 0.15) is 0 Å². The molecule has 58 valence electrons. The quantitative estimate of drug-likeness (QED) is 0.502. The Morgan fingerprint density at radius 1 is 1.60 bits per heavy atom. The second kappa shape index (κ2) is 5.49. The standard InChI is InChI=1S/C4H9FO3S.Na.H/c1-2-3-4(5)9(6,7)8;;/h4H,2-3H2,1H3,(H,6,7,8);;. The predicted octanol–water partition coefficient (Wildman–Crippen LogP) is 0.321. The first kappa shape index (κ1) is 13.4. The van der Waals surface area contributed by atoms with Crippen LogP contribution in [-0.4, -0.2) is 48.0 Å². The summed E-state index contributed by atoms with van der Waals surface area (Å²) in [5.74, 6) is 0. The molecule has 0 spiro atoms. The molecule has 0 aromatic heterocycles. The van der Waals surface area contributed by atoms with Gasteiger partial charge in [0.25, 0.3) is 10.1 Å². The van der Waals surface area contributed by atoms with Crippen molar-refractivity contribution >= 4 is 39.7 Å². The van der Waals surface area contributed by atoms with E-state index in [0.717, 1.165) is 0 Å². The summed E-state index contributed by atoms with van der Waals surface area (Å²) in [4.78, 5) is 0. The fourth-order valence-electron chi connectivity index (χ4n) is 0.376. The fraction of sp³-hybridized carbons (Fsp3) is 1.00. The van der Waals surface area contributed by atoms with Crippen molar-refractivity contribution in [2.45, 2.75) is 25.3 Å². The Bertz CT molecular complexity index is 167. The molecule has 0 radical (unpaired) electrons. The van der Waals surface area contributed by atoms with E-state index in [-0.39, 0.29) is 36.0 Å². The monoisotopic (exact) mass is 180 g/mol. The zero-order chi connectivity index (χ0) is 7.49. The first-order valence-corrected chi connectivity index (χ1v) is 4.09. The predicted molar refractivity (Wildman–Crippen MR) is 38.5 cm³/mol. The van der Waals surface area contributed by atoms with Gasteiger partial charge < -0.3 is 0 Å². The van der Waals surface area contributed by atoms with Gasteiger partial charge in [-0.15, -0.1) is 0 Å². The van der Waals surface area contributed by atoms with Crippen molar-refractivity contribution in [1.82, 2.24) is 0 Å². The van der Waals surface area contributed by atoms with Crippen LogP contribution in [0.2, 0.25) is 0 Å². The zero-order valence-corrected chi connectivity index (χ0v) is 5.86. The van der Waals surface area contributed by atoms with Crippen molar-refractivity contribution in [2.75, 3.05) is 0 Å². The molecule has 0 heterocycles. The molecule has 0 bridgehead atoms. The van der Waals surface area contributed by atoms with Crippen LogP contribution < -0.4 is 0 Å². The number of halogens is 1. The van der Waals surface area contributed by atoms with Gasteiger partial charge in [-0.2, -0.15) is 8.42 Å². The van der Waals surface area contributed by atoms with E-state index in [1.165, 1.54) is 0 Å². The maximum absolute atomic E-state index is 12.1. The summed E-state index contributed by atoms with van der Waals surface area (Å²) in [6.45, 7) is 1.64. The summed E-state index contributed by atoms with van der Waals surface area (Å²) < 4.78 is 39.9. The third-order valence-corrected chi connectivity index (χ3v) is 1.72. The Kier molecular flexibility index (Phi) is 7.37. The van der Waals surface area contributed by atoms with Crippen molar-refractivity contribution in [2.24, 2.45) is 0 Å². The van der Waals surface area contributed by atoms with Crippen molar-refractivity contribution in [3.63, 3.8) is 0 Å². The third-order valence-electron chi connectivity index (χ3n) is 0.839. The number of rotatable bonds is 3. The molecule has 3 nitrogen and oxygen atoms in total. The van der Waals surface area contributed by atoms with E-state index in [1.54, 1.807) is 6.92 Å². The molecule has 0 saturated heterocycles. The van der Waals surface area contributed by atoms with Crippen LogP contribution in [-0.2, 0) is 10.1 Å². The Morgan fingerprint density at radius 3 is 2.10 bits per heavy atom. The van der Waals surface area contributed by atoms with Crippen LogP contribution in [0.1, 0.15) is 19.8 Å². The molecule has 0 aliphatic heterocycles. The van der Waals surface area contributed by atoms with E-state index in [0.29, 0.717) is 6.42 Å². The zero-order valence-electron chi connectivity index (χ0n) is 5.04. The summed E-state index contributed by atoms with van der Waals surface area (Å²) in [7, 11) is -4.43. The molecule has 10 heavy (non-hydrogen) atoms. The van der Waals surface area contributed by atoms with Crippen LogP contribution in [0.3, 0.4) is 0 Å². The van der Waals surface area contributed by atoms with E-state index < -0.39 is 15.6 Å². The van der Waals surface area contributed by atoms with E-state index in [4.69, 9.17) is 4.55 Å². The van der Waals surface area contributed by atoms with Crippen LogP contribution in [0.5, 0.6) is 0 Å². The van der Waals surface area contributed by atoms with Crippen LogP contribution >= 0.6 is 0 Å². The second-order valence-electron chi connectivity index (χ2n) is 1.71. The van der Waals surface area contributed by atoms with Gasteiger partial charge in [0.05, 0.1) is 0 Å². The van der Waals surface area contributed by atoms with Gasteiger partial charge in [-0.3, -0.25) is 4.55 Å². The Hall–Kier alpha value is 0.840. The van der Waals surface area contributed by atoms with Crippen LogP contribution in [0.4, 0.5) is 4.39 Å². The molecule has 0 aromatic rings. The maximum atomic E-state index is 12.1. The normalized spacial score (nSPS) is 13.9. The van der Waals surface area contributed by atoms with Gasteiger partial charge in [-0.05, 0) is 6.42 Å². The summed E-state index contributed by atoms with van der Waals surface area (Å²) in [5.41, 5.74) is -2.11. The molecular formula is C4H10FNaO3S. The van der Waals surface area contributed by atoms with Crippen molar-refractivity contribution in [1.29, 1.82) is 0 Å². The van der Waals surface area contributed by atoms with E-state index in [9.17, 15) is 12.8 Å². The van der Waals surface area contributed by atoms with E-state index in [1.807, 2.05) is 0 Å². The molecule has 0 amide bonds. The second-order valence-corrected chi connectivity index (χ2v) is 3.26. The average Bonchev–Trinajstić information content (AvgIpc) is 1.64. The molecule has 1 atom stereocenters. The van der Waals surface area contributed by atoms with Crippen molar-refractivity contribution in [3.05, 3.63) is 0 Å². The molecule has 0 aromatic carbocycles. The first-order chi connectivity index (χ1) is 3.98. The van der Waals surface area contributed by atoms with Crippen molar-refractivity contribution < 1.29 is 17.4 Å². The molecular weight excluding hydrogens is 170 g/mol. The average molecular weight is 180 g/mol. The van der Waals surface area contributed by atoms with Gasteiger partial charge >= 0.3 is 29.6 Å². The molecule has 1 N–H and O–H groups in total. The Labute approximate surface area is 82.0 Å². The summed E-state index contributed by atoms with van der Waals surface area (Å²) >= 11 is 0. The van der Waals surface area contributed by atoms with Gasteiger partial charge in [-0.1, -0.05) is 13.3 Å². The molecule has 0 saturated carbocycles. The Morgan fingerprint density at radius 2 is 2.00 bits per heavy atom. The van der Waals surface area contributed by atoms with Crippen molar-refractivity contribution in [3.8, 4) is 0 Å². The first-order valence-electron chi connectivity index (χ1n) is 2.59.